The van der Waals surface area contributed by atoms with E-state index in [1.165, 1.54) is 22.8 Å². The van der Waals surface area contributed by atoms with E-state index in [1.807, 2.05) is 12.1 Å². The molecule has 0 radical (unpaired) electrons. The molecule has 5 rings (SSSR count). The van der Waals surface area contributed by atoms with Crippen molar-refractivity contribution in [3.05, 3.63) is 60.4 Å². The molecular weight excluding hydrogens is 347 g/mol. The van der Waals surface area contributed by atoms with Crippen LogP contribution in [-0.4, -0.2) is 43.5 Å². The van der Waals surface area contributed by atoms with Gasteiger partial charge in [0.1, 0.15) is 17.2 Å². The molecule has 0 saturated carbocycles. The minimum Gasteiger partial charge on any atom is -0.323 e. The van der Waals surface area contributed by atoms with E-state index >= 15 is 0 Å². The van der Waals surface area contributed by atoms with Gasteiger partial charge in [-0.1, -0.05) is 0 Å². The van der Waals surface area contributed by atoms with Crippen molar-refractivity contribution in [2.24, 2.45) is 0 Å². The zero-order valence-corrected chi connectivity index (χ0v) is 14.2. The van der Waals surface area contributed by atoms with Gasteiger partial charge >= 0.3 is 0 Å². The van der Waals surface area contributed by atoms with Gasteiger partial charge in [0.05, 0.1) is 30.0 Å². The summed E-state index contributed by atoms with van der Waals surface area (Å²) in [6.07, 6.45) is 4.01. The van der Waals surface area contributed by atoms with E-state index in [4.69, 9.17) is 0 Å². The van der Waals surface area contributed by atoms with Crippen molar-refractivity contribution in [2.75, 3.05) is 13.1 Å². The van der Waals surface area contributed by atoms with E-state index < -0.39 is 0 Å². The van der Waals surface area contributed by atoms with Crippen LogP contribution in [0.5, 0.6) is 0 Å². The quantitative estimate of drug-likeness (QED) is 0.564. The Bertz CT molecular complexity index is 1140. The van der Waals surface area contributed by atoms with Gasteiger partial charge in [0.25, 0.3) is 0 Å². The molecule has 1 aliphatic heterocycles. The number of carbonyl (C=O) groups is 1. The summed E-state index contributed by atoms with van der Waals surface area (Å²) in [7, 11) is 0. The van der Waals surface area contributed by atoms with E-state index in [0.717, 1.165) is 36.3 Å². The lowest BCUT2D eigenvalue weighted by molar-refractivity contribution is 0.111. The monoisotopic (exact) mass is 362 g/mol. The van der Waals surface area contributed by atoms with Gasteiger partial charge in [0.15, 0.2) is 11.9 Å². The van der Waals surface area contributed by atoms with Crippen LogP contribution >= 0.6 is 0 Å². The Morgan fingerprint density at radius 2 is 1.93 bits per heavy atom. The lowest BCUT2D eigenvalue weighted by Gasteiger charge is -2.29. The van der Waals surface area contributed by atoms with Crippen molar-refractivity contribution < 1.29 is 9.18 Å². The van der Waals surface area contributed by atoms with Crippen LogP contribution in [-0.2, 0) is 0 Å². The number of rotatable bonds is 4. The Morgan fingerprint density at radius 3 is 2.63 bits per heavy atom. The third-order valence-corrected chi connectivity index (χ3v) is 4.82. The zero-order valence-electron chi connectivity index (χ0n) is 14.2. The SMILES string of the molecule is O=Cc1cnc2ccc(-c3c(-c4ccc(F)cc4)ncn3C3CNC3)nn12. The van der Waals surface area contributed by atoms with Crippen molar-refractivity contribution in [1.29, 1.82) is 0 Å². The predicted octanol–water partition coefficient (Wildman–Crippen LogP) is 2.36. The van der Waals surface area contributed by atoms with Gasteiger partial charge in [-0.15, -0.1) is 0 Å². The first-order valence-corrected chi connectivity index (χ1v) is 8.58. The minimum atomic E-state index is -0.295. The summed E-state index contributed by atoms with van der Waals surface area (Å²) in [6.45, 7) is 1.69. The molecule has 1 aromatic carbocycles. The molecular formula is C19H15FN6O. The van der Waals surface area contributed by atoms with Crippen molar-refractivity contribution in [2.45, 2.75) is 6.04 Å². The fourth-order valence-corrected chi connectivity index (χ4v) is 3.28. The van der Waals surface area contributed by atoms with Crippen LogP contribution in [0.2, 0.25) is 0 Å². The highest BCUT2D eigenvalue weighted by atomic mass is 19.1. The fraction of sp³-hybridized carbons (Fsp3) is 0.158. The number of aldehydes is 1. The summed E-state index contributed by atoms with van der Waals surface area (Å²) in [5.74, 6) is -0.295. The molecule has 8 heteroatoms. The number of halogens is 1. The third-order valence-electron chi connectivity index (χ3n) is 4.82. The van der Waals surface area contributed by atoms with Crippen LogP contribution < -0.4 is 5.32 Å². The lowest BCUT2D eigenvalue weighted by atomic mass is 10.1. The molecule has 134 valence electrons. The molecule has 0 atom stereocenters. The van der Waals surface area contributed by atoms with Gasteiger partial charge in [0.2, 0.25) is 0 Å². The van der Waals surface area contributed by atoms with Gasteiger partial charge in [-0.05, 0) is 36.4 Å². The first-order valence-electron chi connectivity index (χ1n) is 8.58. The Hall–Kier alpha value is -3.39. The second kappa shape index (κ2) is 6.10. The van der Waals surface area contributed by atoms with Crippen LogP contribution in [0.3, 0.4) is 0 Å². The molecule has 1 N–H and O–H groups in total. The highest BCUT2D eigenvalue weighted by Gasteiger charge is 2.26. The average Bonchev–Trinajstić information content (AvgIpc) is 3.24. The summed E-state index contributed by atoms with van der Waals surface area (Å²) >= 11 is 0. The first-order chi connectivity index (χ1) is 13.2. The van der Waals surface area contributed by atoms with Gasteiger partial charge in [0, 0.05) is 18.7 Å². The topological polar surface area (TPSA) is 77.1 Å². The summed E-state index contributed by atoms with van der Waals surface area (Å²) in [5, 5.41) is 7.88. The normalized spacial score (nSPS) is 14.4. The number of benzene rings is 1. The molecule has 0 bridgehead atoms. The number of hydrogen-bond acceptors (Lipinski definition) is 5. The van der Waals surface area contributed by atoms with Crippen molar-refractivity contribution in [3.63, 3.8) is 0 Å². The Balaban J connectivity index is 1.72. The molecule has 1 saturated heterocycles. The maximum Gasteiger partial charge on any atom is 0.170 e. The average molecular weight is 362 g/mol. The molecule has 0 aliphatic carbocycles. The van der Waals surface area contributed by atoms with Crippen molar-refractivity contribution >= 4 is 11.9 Å². The van der Waals surface area contributed by atoms with Gasteiger partial charge in [-0.2, -0.15) is 5.10 Å². The minimum absolute atomic E-state index is 0.271. The smallest absolute Gasteiger partial charge is 0.170 e. The molecule has 4 heterocycles. The fourth-order valence-electron chi connectivity index (χ4n) is 3.28. The molecule has 4 aromatic rings. The van der Waals surface area contributed by atoms with Gasteiger partial charge < -0.3 is 9.88 Å². The number of nitrogens with one attached hydrogen (secondary N) is 1. The number of imidazole rings is 2. The van der Waals surface area contributed by atoms with E-state index in [-0.39, 0.29) is 11.9 Å². The highest BCUT2D eigenvalue weighted by molar-refractivity contribution is 5.78. The van der Waals surface area contributed by atoms with Crippen LogP contribution in [0.1, 0.15) is 16.5 Å². The summed E-state index contributed by atoms with van der Waals surface area (Å²) in [5.41, 5.74) is 4.02. The highest BCUT2D eigenvalue weighted by Crippen LogP contribution is 2.33. The van der Waals surface area contributed by atoms with Crippen LogP contribution in [0, 0.1) is 5.82 Å². The van der Waals surface area contributed by atoms with E-state index in [0.29, 0.717) is 17.0 Å². The second-order valence-corrected chi connectivity index (χ2v) is 6.46. The van der Waals surface area contributed by atoms with Crippen molar-refractivity contribution in [3.8, 4) is 22.6 Å². The maximum atomic E-state index is 13.4. The number of fused-ring (bicyclic) bond motifs is 1. The molecule has 1 aliphatic rings. The molecule has 1 fully saturated rings. The van der Waals surface area contributed by atoms with E-state index in [2.05, 4.69) is 25.0 Å². The van der Waals surface area contributed by atoms with Crippen LogP contribution in [0.15, 0.2) is 48.9 Å². The van der Waals surface area contributed by atoms with Gasteiger partial charge in [-0.25, -0.2) is 18.9 Å². The van der Waals surface area contributed by atoms with Crippen LogP contribution in [0.25, 0.3) is 28.3 Å². The summed E-state index contributed by atoms with van der Waals surface area (Å²) < 4.78 is 17.0. The molecule has 0 unspecified atom stereocenters. The molecule has 27 heavy (non-hydrogen) atoms. The molecule has 0 spiro atoms. The Labute approximate surface area is 153 Å². The third kappa shape index (κ3) is 2.53. The molecule has 0 amide bonds. The number of hydrogen-bond donors (Lipinski definition) is 1. The number of carbonyl (C=O) groups excluding carboxylic acids is 1. The zero-order chi connectivity index (χ0) is 18.4. The standard InChI is InChI=1S/C19H15FN6O/c20-13-3-1-12(2-4-13)18-19(25(11-23-18)14-7-21-8-14)16-5-6-17-22-9-15(10-27)26(17)24-16/h1-6,9-11,14,21H,7-8H2. The van der Waals surface area contributed by atoms with Gasteiger partial charge in [-0.3, -0.25) is 4.79 Å². The maximum absolute atomic E-state index is 13.4. The Kier molecular flexibility index (Phi) is 3.58. The second-order valence-electron chi connectivity index (χ2n) is 6.46. The van der Waals surface area contributed by atoms with Crippen molar-refractivity contribution in [1.82, 2.24) is 29.5 Å². The molecule has 3 aromatic heterocycles. The summed E-state index contributed by atoms with van der Waals surface area (Å²) in [4.78, 5) is 20.0. The predicted molar refractivity (Wildman–Crippen MR) is 96.9 cm³/mol. The van der Waals surface area contributed by atoms with E-state index in [1.54, 1.807) is 18.5 Å². The summed E-state index contributed by atoms with van der Waals surface area (Å²) in [6, 6.07) is 10.2. The number of nitrogens with zero attached hydrogens (tertiary/aromatic N) is 5. The largest absolute Gasteiger partial charge is 0.323 e. The van der Waals surface area contributed by atoms with Crippen LogP contribution in [0.4, 0.5) is 4.39 Å². The first kappa shape index (κ1) is 15.8. The van der Waals surface area contributed by atoms with E-state index in [9.17, 15) is 9.18 Å². The number of aromatic nitrogens is 5. The molecule has 7 nitrogen and oxygen atoms in total. The lowest BCUT2D eigenvalue weighted by Crippen LogP contribution is -2.43. The Morgan fingerprint density at radius 1 is 1.11 bits per heavy atom.